The molecule has 192 valence electrons. The van der Waals surface area contributed by atoms with Crippen LogP contribution in [0.5, 0.6) is 0 Å². The molecule has 2 atom stereocenters. The molecule has 3 aliphatic rings. The molecule has 2 fully saturated rings. The van der Waals surface area contributed by atoms with Crippen LogP contribution in [-0.4, -0.2) is 35.5 Å². The maximum absolute atomic E-state index is 14.4. The van der Waals surface area contributed by atoms with Gasteiger partial charge in [0, 0.05) is 30.3 Å². The van der Waals surface area contributed by atoms with Crippen molar-refractivity contribution in [1.29, 1.82) is 5.26 Å². The number of hydrogen-bond donors (Lipinski definition) is 0. The first kappa shape index (κ1) is 24.4. The lowest BCUT2D eigenvalue weighted by atomic mass is 9.76. The number of Topliss-reactive ketones (excluding diaryl/α,β-unsaturated/α-hetero) is 1. The molecule has 1 aliphatic carbocycles. The summed E-state index contributed by atoms with van der Waals surface area (Å²) in [7, 11) is 0. The molecule has 2 heterocycles. The summed E-state index contributed by atoms with van der Waals surface area (Å²) in [5.41, 5.74) is 5.31. The van der Waals surface area contributed by atoms with Crippen LogP contribution in [0.15, 0.2) is 66.7 Å². The molecule has 2 aliphatic heterocycles. The zero-order valence-corrected chi connectivity index (χ0v) is 21.1. The third-order valence-corrected chi connectivity index (χ3v) is 8.52. The lowest BCUT2D eigenvalue weighted by Crippen LogP contribution is -2.56. The van der Waals surface area contributed by atoms with Crippen LogP contribution >= 0.6 is 0 Å². The Morgan fingerprint density at radius 1 is 0.947 bits per heavy atom. The molecule has 0 saturated carbocycles. The number of amides is 1. The highest BCUT2D eigenvalue weighted by Crippen LogP contribution is 2.45. The van der Waals surface area contributed by atoms with Crippen LogP contribution in [0.25, 0.3) is 11.1 Å². The Balaban J connectivity index is 1.13. The van der Waals surface area contributed by atoms with Crippen molar-refractivity contribution in [1.82, 2.24) is 4.90 Å². The first-order valence-electron chi connectivity index (χ1n) is 13.4. The lowest BCUT2D eigenvalue weighted by molar-refractivity contribution is -0.126. The third-order valence-electron chi connectivity index (χ3n) is 8.52. The van der Waals surface area contributed by atoms with E-state index in [1.807, 2.05) is 35.2 Å². The quantitative estimate of drug-likeness (QED) is 0.400. The normalized spacial score (nSPS) is 21.8. The molecule has 6 heteroatoms. The minimum Gasteiger partial charge on any atom is -0.448 e. The molecule has 2 unspecified atom stereocenters. The van der Waals surface area contributed by atoms with Crippen molar-refractivity contribution in [3.8, 4) is 17.2 Å². The molecule has 0 spiro atoms. The fourth-order valence-corrected chi connectivity index (χ4v) is 6.70. The molecule has 2 bridgehead atoms. The third kappa shape index (κ3) is 4.36. The second kappa shape index (κ2) is 10.1. The highest BCUT2D eigenvalue weighted by molar-refractivity contribution is 5.84. The average Bonchev–Trinajstić information content (AvgIpc) is 3.25. The number of ether oxygens (including phenoxy) is 1. The number of rotatable bonds is 5. The Bertz CT molecular complexity index is 1390. The second-order valence-electron chi connectivity index (χ2n) is 10.7. The second-order valence-corrected chi connectivity index (χ2v) is 10.7. The van der Waals surface area contributed by atoms with E-state index in [-0.39, 0.29) is 54.4 Å². The van der Waals surface area contributed by atoms with Crippen molar-refractivity contribution in [2.24, 2.45) is 5.92 Å². The Labute approximate surface area is 221 Å². The molecule has 1 amide bonds. The van der Waals surface area contributed by atoms with Crippen molar-refractivity contribution < 1.29 is 18.7 Å². The molecule has 0 N–H and O–H groups in total. The van der Waals surface area contributed by atoms with E-state index in [4.69, 9.17) is 10.00 Å². The summed E-state index contributed by atoms with van der Waals surface area (Å²) in [6.45, 7) is 0.281. The molecular weight excluding hydrogens is 479 g/mol. The Kier molecular flexibility index (Phi) is 6.45. The van der Waals surface area contributed by atoms with Crippen LogP contribution in [0.3, 0.4) is 0 Å². The molecule has 0 radical (unpaired) electrons. The van der Waals surface area contributed by atoms with Crippen molar-refractivity contribution in [2.45, 2.75) is 56.5 Å². The van der Waals surface area contributed by atoms with Crippen LogP contribution in [0.1, 0.15) is 60.3 Å². The number of hydrogen-bond acceptors (Lipinski definition) is 4. The van der Waals surface area contributed by atoms with Gasteiger partial charge in [0.25, 0.3) is 0 Å². The summed E-state index contributed by atoms with van der Waals surface area (Å²) in [5, 5.41) is 8.96. The predicted octanol–water partition coefficient (Wildman–Crippen LogP) is 6.39. The van der Waals surface area contributed by atoms with Gasteiger partial charge >= 0.3 is 6.09 Å². The van der Waals surface area contributed by atoms with Crippen molar-refractivity contribution >= 4 is 11.9 Å². The van der Waals surface area contributed by atoms with Gasteiger partial charge in [-0.05, 0) is 72.1 Å². The zero-order chi connectivity index (χ0) is 26.2. The molecule has 5 nitrogen and oxygen atoms in total. The van der Waals surface area contributed by atoms with Gasteiger partial charge in [-0.2, -0.15) is 5.26 Å². The smallest absolute Gasteiger partial charge is 0.410 e. The highest BCUT2D eigenvalue weighted by atomic mass is 19.1. The number of fused-ring (bicyclic) bond motifs is 5. The number of halogens is 1. The van der Waals surface area contributed by atoms with Crippen molar-refractivity contribution in [2.75, 3.05) is 6.61 Å². The molecule has 3 aromatic carbocycles. The summed E-state index contributed by atoms with van der Waals surface area (Å²) in [6.07, 6.45) is 3.58. The number of carbonyl (C=O) groups is 2. The summed E-state index contributed by atoms with van der Waals surface area (Å²) in [6, 6.07) is 22.6. The van der Waals surface area contributed by atoms with E-state index in [1.165, 1.54) is 34.4 Å². The van der Waals surface area contributed by atoms with Gasteiger partial charge in [-0.15, -0.1) is 0 Å². The Hall–Kier alpha value is -3.98. The number of nitrogens with zero attached hydrogens (tertiary/aromatic N) is 2. The zero-order valence-electron chi connectivity index (χ0n) is 21.1. The SMILES string of the molecule is N#Cc1ccc(CC(=O)C2CC3CCCC(C2)N3C(=O)OCC2c3ccccc3-c3ccccc32)c(F)c1. The van der Waals surface area contributed by atoms with Gasteiger partial charge in [0.15, 0.2) is 0 Å². The maximum Gasteiger partial charge on any atom is 0.410 e. The largest absolute Gasteiger partial charge is 0.448 e. The number of benzene rings is 3. The van der Waals surface area contributed by atoms with E-state index in [2.05, 4.69) is 24.3 Å². The average molecular weight is 509 g/mol. The van der Waals surface area contributed by atoms with Crippen LogP contribution in [0, 0.1) is 23.1 Å². The van der Waals surface area contributed by atoms with Gasteiger partial charge in [0.2, 0.25) is 0 Å². The predicted molar refractivity (Wildman–Crippen MR) is 141 cm³/mol. The van der Waals surface area contributed by atoms with Gasteiger partial charge < -0.3 is 9.64 Å². The topological polar surface area (TPSA) is 70.4 Å². The monoisotopic (exact) mass is 508 g/mol. The van der Waals surface area contributed by atoms with Gasteiger partial charge in [-0.3, -0.25) is 4.79 Å². The van der Waals surface area contributed by atoms with Gasteiger partial charge in [0.1, 0.15) is 18.2 Å². The summed E-state index contributed by atoms with van der Waals surface area (Å²) in [5.74, 6) is -0.725. The van der Waals surface area contributed by atoms with Crippen LogP contribution in [0.4, 0.5) is 9.18 Å². The van der Waals surface area contributed by atoms with E-state index in [9.17, 15) is 14.0 Å². The molecule has 38 heavy (non-hydrogen) atoms. The van der Waals surface area contributed by atoms with Crippen molar-refractivity contribution in [3.63, 3.8) is 0 Å². The highest BCUT2D eigenvalue weighted by Gasteiger charge is 2.44. The van der Waals surface area contributed by atoms with E-state index in [0.717, 1.165) is 19.3 Å². The van der Waals surface area contributed by atoms with Crippen LogP contribution in [0.2, 0.25) is 0 Å². The molecule has 2 saturated heterocycles. The van der Waals surface area contributed by atoms with E-state index >= 15 is 0 Å². The minimum absolute atomic E-state index is 0.00213. The Morgan fingerprint density at radius 3 is 2.18 bits per heavy atom. The minimum atomic E-state index is -0.520. The number of nitriles is 1. The molecule has 3 aromatic rings. The first-order valence-corrected chi connectivity index (χ1v) is 13.4. The van der Waals surface area contributed by atoms with E-state index in [1.54, 1.807) is 6.07 Å². The summed E-state index contributed by atoms with van der Waals surface area (Å²) in [4.78, 5) is 28.4. The fourth-order valence-electron chi connectivity index (χ4n) is 6.70. The Morgan fingerprint density at radius 2 is 1.58 bits per heavy atom. The van der Waals surface area contributed by atoms with Gasteiger partial charge in [0.05, 0.1) is 11.6 Å². The van der Waals surface area contributed by atoms with E-state index < -0.39 is 5.82 Å². The molecule has 6 rings (SSSR count). The molecular formula is C32H29FN2O3. The number of piperidine rings is 2. The van der Waals surface area contributed by atoms with Gasteiger partial charge in [-0.25, -0.2) is 9.18 Å². The lowest BCUT2D eigenvalue weighted by Gasteiger charge is -2.47. The fraction of sp³-hybridized carbons (Fsp3) is 0.344. The van der Waals surface area contributed by atoms with Gasteiger partial charge in [-0.1, -0.05) is 54.6 Å². The standard InChI is InChI=1S/C32H29FN2O3/c33-30-14-20(18-34)12-13-21(30)17-31(36)22-15-23-6-5-7-24(16-22)35(23)32(37)38-19-29-27-10-3-1-8-25(27)26-9-2-4-11-28(26)29/h1-4,8-14,22-24,29H,5-7,15-17,19H2. The van der Waals surface area contributed by atoms with Crippen LogP contribution in [-0.2, 0) is 16.0 Å². The van der Waals surface area contributed by atoms with Crippen LogP contribution < -0.4 is 0 Å². The number of carbonyl (C=O) groups excluding carboxylic acids is 2. The summed E-state index contributed by atoms with van der Waals surface area (Å²) < 4.78 is 20.4. The summed E-state index contributed by atoms with van der Waals surface area (Å²) >= 11 is 0. The molecule has 0 aromatic heterocycles. The maximum atomic E-state index is 14.4. The first-order chi connectivity index (χ1) is 18.5. The number of ketones is 1. The van der Waals surface area contributed by atoms with Crippen molar-refractivity contribution in [3.05, 3.63) is 94.8 Å². The van der Waals surface area contributed by atoms with E-state index in [0.29, 0.717) is 18.4 Å².